The quantitative estimate of drug-likeness (QED) is 0.599. The van der Waals surface area contributed by atoms with Crippen LogP contribution in [-0.2, 0) is 9.53 Å². The molecule has 0 N–H and O–H groups in total. The van der Waals surface area contributed by atoms with Crippen molar-refractivity contribution in [3.8, 4) is 17.1 Å². The fraction of sp³-hybridized carbons (Fsp3) is 0.211. The SMILES string of the molecule is CCCC1=CC(=Cc2ccc(-c3ccccc3OC)o2)C(=O)O1. The van der Waals surface area contributed by atoms with Gasteiger partial charge in [-0.2, -0.15) is 0 Å². The van der Waals surface area contributed by atoms with E-state index in [1.807, 2.05) is 43.3 Å². The Morgan fingerprint density at radius 2 is 2.00 bits per heavy atom. The molecular formula is C19H18O4. The first-order valence-corrected chi connectivity index (χ1v) is 7.59. The normalized spacial score (nSPS) is 15.7. The number of methoxy groups -OCH3 is 1. The molecule has 0 bridgehead atoms. The molecule has 0 saturated heterocycles. The van der Waals surface area contributed by atoms with Crippen molar-refractivity contribution in [2.45, 2.75) is 19.8 Å². The third-order valence-electron chi connectivity index (χ3n) is 3.57. The number of rotatable bonds is 5. The molecule has 1 aliphatic heterocycles. The molecule has 23 heavy (non-hydrogen) atoms. The smallest absolute Gasteiger partial charge is 0.343 e. The van der Waals surface area contributed by atoms with Crippen molar-refractivity contribution in [3.05, 3.63) is 59.6 Å². The molecule has 1 aliphatic rings. The molecule has 0 fully saturated rings. The minimum atomic E-state index is -0.330. The minimum absolute atomic E-state index is 0.330. The molecule has 0 unspecified atom stereocenters. The molecule has 0 amide bonds. The van der Waals surface area contributed by atoms with Crippen LogP contribution in [0.3, 0.4) is 0 Å². The van der Waals surface area contributed by atoms with Gasteiger partial charge in [-0.05, 0) is 42.8 Å². The summed E-state index contributed by atoms with van der Waals surface area (Å²) in [5, 5.41) is 0. The van der Waals surface area contributed by atoms with E-state index in [0.717, 1.165) is 24.2 Å². The zero-order valence-corrected chi connectivity index (χ0v) is 13.2. The van der Waals surface area contributed by atoms with Crippen molar-refractivity contribution in [1.82, 2.24) is 0 Å². The zero-order valence-electron chi connectivity index (χ0n) is 13.2. The molecule has 4 nitrogen and oxygen atoms in total. The number of cyclic esters (lactones) is 1. The van der Waals surface area contributed by atoms with Crippen LogP contribution >= 0.6 is 0 Å². The van der Waals surface area contributed by atoms with Crippen LogP contribution in [0.25, 0.3) is 17.4 Å². The maximum Gasteiger partial charge on any atom is 0.343 e. The molecule has 0 radical (unpaired) electrons. The van der Waals surface area contributed by atoms with Gasteiger partial charge in [-0.15, -0.1) is 0 Å². The highest BCUT2D eigenvalue weighted by Gasteiger charge is 2.20. The Balaban J connectivity index is 1.88. The van der Waals surface area contributed by atoms with E-state index in [2.05, 4.69) is 0 Å². The first-order chi connectivity index (χ1) is 11.2. The summed E-state index contributed by atoms with van der Waals surface area (Å²) in [4.78, 5) is 11.8. The standard InChI is InChI=1S/C19H18O4/c1-3-6-14-11-13(19(20)23-14)12-15-9-10-18(22-15)16-7-4-5-8-17(16)21-2/h4-5,7-12H,3,6H2,1-2H3. The molecule has 0 saturated carbocycles. The van der Waals surface area contributed by atoms with E-state index in [0.29, 0.717) is 22.9 Å². The largest absolute Gasteiger partial charge is 0.496 e. The van der Waals surface area contributed by atoms with Crippen LogP contribution in [0.5, 0.6) is 5.75 Å². The van der Waals surface area contributed by atoms with Crippen molar-refractivity contribution >= 4 is 12.0 Å². The Bertz CT molecular complexity index is 780. The highest BCUT2D eigenvalue weighted by molar-refractivity contribution is 5.99. The van der Waals surface area contributed by atoms with Gasteiger partial charge < -0.3 is 13.9 Å². The lowest BCUT2D eigenvalue weighted by Gasteiger charge is -2.04. The van der Waals surface area contributed by atoms with Crippen molar-refractivity contribution in [1.29, 1.82) is 0 Å². The van der Waals surface area contributed by atoms with Gasteiger partial charge in [-0.25, -0.2) is 4.79 Å². The lowest BCUT2D eigenvalue weighted by atomic mass is 10.1. The fourth-order valence-corrected chi connectivity index (χ4v) is 2.49. The zero-order chi connectivity index (χ0) is 16.2. The van der Waals surface area contributed by atoms with E-state index < -0.39 is 0 Å². The summed E-state index contributed by atoms with van der Waals surface area (Å²) in [6, 6.07) is 11.3. The second-order valence-electron chi connectivity index (χ2n) is 5.25. The third-order valence-corrected chi connectivity index (χ3v) is 3.57. The Morgan fingerprint density at radius 1 is 1.17 bits per heavy atom. The first-order valence-electron chi connectivity index (χ1n) is 7.59. The van der Waals surface area contributed by atoms with Gasteiger partial charge in [0.25, 0.3) is 0 Å². The van der Waals surface area contributed by atoms with E-state index in [-0.39, 0.29) is 5.97 Å². The lowest BCUT2D eigenvalue weighted by Crippen LogP contribution is -1.96. The van der Waals surface area contributed by atoms with Crippen LogP contribution in [0.2, 0.25) is 0 Å². The molecule has 1 aromatic carbocycles. The number of para-hydroxylation sites is 1. The number of hydrogen-bond acceptors (Lipinski definition) is 4. The average molecular weight is 310 g/mol. The summed E-state index contributed by atoms with van der Waals surface area (Å²) in [6.07, 6.45) is 5.17. The van der Waals surface area contributed by atoms with Crippen molar-refractivity contribution in [3.63, 3.8) is 0 Å². The molecule has 0 aliphatic carbocycles. The van der Waals surface area contributed by atoms with Crippen LogP contribution in [0.1, 0.15) is 25.5 Å². The van der Waals surface area contributed by atoms with Gasteiger partial charge in [0.2, 0.25) is 0 Å². The molecule has 1 aromatic heterocycles. The highest BCUT2D eigenvalue weighted by Crippen LogP contribution is 2.32. The summed E-state index contributed by atoms with van der Waals surface area (Å²) in [5.41, 5.74) is 1.38. The van der Waals surface area contributed by atoms with Gasteiger partial charge in [0.15, 0.2) is 0 Å². The minimum Gasteiger partial charge on any atom is -0.496 e. The number of carbonyl (C=O) groups is 1. The van der Waals surface area contributed by atoms with E-state index in [9.17, 15) is 4.79 Å². The maximum absolute atomic E-state index is 11.8. The Hall–Kier alpha value is -2.75. The Kier molecular flexibility index (Phi) is 4.33. The van der Waals surface area contributed by atoms with Crippen molar-refractivity contribution in [2.24, 2.45) is 0 Å². The third kappa shape index (κ3) is 3.21. The van der Waals surface area contributed by atoms with Crippen LogP contribution in [0, 0.1) is 0 Å². The van der Waals surface area contributed by atoms with Gasteiger partial charge in [-0.3, -0.25) is 0 Å². The topological polar surface area (TPSA) is 48.7 Å². The lowest BCUT2D eigenvalue weighted by molar-refractivity contribution is -0.133. The summed E-state index contributed by atoms with van der Waals surface area (Å²) < 4.78 is 16.4. The highest BCUT2D eigenvalue weighted by atomic mass is 16.5. The molecule has 4 heteroatoms. The molecule has 0 atom stereocenters. The molecule has 2 aromatic rings. The molecule has 118 valence electrons. The molecule has 0 spiro atoms. The number of benzene rings is 1. The summed E-state index contributed by atoms with van der Waals surface area (Å²) in [6.45, 7) is 2.04. The predicted molar refractivity (Wildman–Crippen MR) is 87.8 cm³/mol. The van der Waals surface area contributed by atoms with Crippen molar-refractivity contribution < 1.29 is 18.7 Å². The second kappa shape index (κ2) is 6.57. The summed E-state index contributed by atoms with van der Waals surface area (Å²) in [7, 11) is 1.62. The number of furan rings is 1. The summed E-state index contributed by atoms with van der Waals surface area (Å²) in [5.74, 6) is 2.42. The van der Waals surface area contributed by atoms with Crippen LogP contribution in [-0.4, -0.2) is 13.1 Å². The van der Waals surface area contributed by atoms with E-state index in [4.69, 9.17) is 13.9 Å². The first kappa shape index (κ1) is 15.2. The molecule has 2 heterocycles. The number of hydrogen-bond donors (Lipinski definition) is 0. The van der Waals surface area contributed by atoms with Gasteiger partial charge in [0, 0.05) is 6.42 Å². The second-order valence-corrected chi connectivity index (χ2v) is 5.25. The average Bonchev–Trinajstić information content (AvgIpc) is 3.15. The van der Waals surface area contributed by atoms with Crippen molar-refractivity contribution in [2.75, 3.05) is 7.11 Å². The maximum atomic E-state index is 11.8. The summed E-state index contributed by atoms with van der Waals surface area (Å²) >= 11 is 0. The monoisotopic (exact) mass is 310 g/mol. The van der Waals surface area contributed by atoms with Gasteiger partial charge in [-0.1, -0.05) is 19.1 Å². The number of esters is 1. The van der Waals surface area contributed by atoms with E-state index in [1.54, 1.807) is 19.3 Å². The van der Waals surface area contributed by atoms with Crippen LogP contribution < -0.4 is 4.74 Å². The number of carbonyl (C=O) groups excluding carboxylic acids is 1. The van der Waals surface area contributed by atoms with Crippen LogP contribution in [0.15, 0.2) is 58.2 Å². The van der Waals surface area contributed by atoms with Gasteiger partial charge >= 0.3 is 5.97 Å². The Morgan fingerprint density at radius 3 is 2.78 bits per heavy atom. The molecule has 3 rings (SSSR count). The fourth-order valence-electron chi connectivity index (χ4n) is 2.49. The van der Waals surface area contributed by atoms with Gasteiger partial charge in [0.1, 0.15) is 23.0 Å². The van der Waals surface area contributed by atoms with Gasteiger partial charge in [0.05, 0.1) is 18.2 Å². The predicted octanol–water partition coefficient (Wildman–Crippen LogP) is 4.58. The number of allylic oxidation sites excluding steroid dienone is 1. The van der Waals surface area contributed by atoms with E-state index >= 15 is 0 Å². The van der Waals surface area contributed by atoms with E-state index in [1.165, 1.54) is 0 Å². The Labute approximate surface area is 135 Å². The van der Waals surface area contributed by atoms with Crippen LogP contribution in [0.4, 0.5) is 0 Å². The molecular weight excluding hydrogens is 292 g/mol. The number of ether oxygens (including phenoxy) is 2.